The SMILES string of the molecule is Cc1cccc(NCc2cccnc2N(C)C)n1. The highest BCUT2D eigenvalue weighted by molar-refractivity contribution is 5.47. The van der Waals surface area contributed by atoms with Gasteiger partial charge in [-0.05, 0) is 25.1 Å². The predicted octanol–water partition coefficient (Wildman–Crippen LogP) is 2.46. The van der Waals surface area contributed by atoms with E-state index in [1.807, 2.05) is 56.4 Å². The predicted molar refractivity (Wildman–Crippen MR) is 74.9 cm³/mol. The number of pyridine rings is 2. The number of hydrogen-bond acceptors (Lipinski definition) is 4. The molecule has 0 atom stereocenters. The highest BCUT2D eigenvalue weighted by atomic mass is 15.1. The Bertz CT molecular complexity index is 523. The zero-order chi connectivity index (χ0) is 13.0. The fourth-order valence-electron chi connectivity index (χ4n) is 1.80. The zero-order valence-electron chi connectivity index (χ0n) is 11.0. The van der Waals surface area contributed by atoms with E-state index < -0.39 is 0 Å². The van der Waals surface area contributed by atoms with Crippen molar-refractivity contribution in [1.29, 1.82) is 0 Å². The van der Waals surface area contributed by atoms with Crippen LogP contribution in [0, 0.1) is 6.92 Å². The topological polar surface area (TPSA) is 41.1 Å². The summed E-state index contributed by atoms with van der Waals surface area (Å²) in [6, 6.07) is 9.98. The lowest BCUT2D eigenvalue weighted by atomic mass is 10.2. The highest BCUT2D eigenvalue weighted by Crippen LogP contribution is 2.15. The van der Waals surface area contributed by atoms with E-state index in [0.717, 1.165) is 29.4 Å². The Balaban J connectivity index is 2.11. The van der Waals surface area contributed by atoms with Crippen molar-refractivity contribution in [2.45, 2.75) is 13.5 Å². The molecule has 0 unspecified atom stereocenters. The summed E-state index contributed by atoms with van der Waals surface area (Å²) in [4.78, 5) is 10.8. The van der Waals surface area contributed by atoms with Crippen molar-refractivity contribution in [2.75, 3.05) is 24.3 Å². The summed E-state index contributed by atoms with van der Waals surface area (Å²) in [6.45, 7) is 2.71. The van der Waals surface area contributed by atoms with Crippen LogP contribution in [-0.2, 0) is 6.54 Å². The number of hydrogen-bond donors (Lipinski definition) is 1. The molecule has 1 N–H and O–H groups in total. The highest BCUT2D eigenvalue weighted by Gasteiger charge is 2.05. The third-order valence-corrected chi connectivity index (χ3v) is 2.64. The molecule has 4 nitrogen and oxygen atoms in total. The van der Waals surface area contributed by atoms with Crippen LogP contribution in [0.25, 0.3) is 0 Å². The van der Waals surface area contributed by atoms with E-state index in [-0.39, 0.29) is 0 Å². The van der Waals surface area contributed by atoms with Crippen LogP contribution in [0.15, 0.2) is 36.5 Å². The van der Waals surface area contributed by atoms with Crippen LogP contribution < -0.4 is 10.2 Å². The largest absolute Gasteiger partial charge is 0.366 e. The fourth-order valence-corrected chi connectivity index (χ4v) is 1.80. The molecule has 0 aliphatic heterocycles. The van der Waals surface area contributed by atoms with Crippen LogP contribution in [0.2, 0.25) is 0 Å². The number of aryl methyl sites for hydroxylation is 1. The maximum Gasteiger partial charge on any atom is 0.132 e. The molecule has 2 heterocycles. The number of nitrogens with one attached hydrogen (secondary N) is 1. The Labute approximate surface area is 108 Å². The van der Waals surface area contributed by atoms with Crippen LogP contribution in [0.3, 0.4) is 0 Å². The quantitative estimate of drug-likeness (QED) is 0.894. The first-order valence-corrected chi connectivity index (χ1v) is 5.95. The van der Waals surface area contributed by atoms with E-state index in [9.17, 15) is 0 Å². The van der Waals surface area contributed by atoms with Gasteiger partial charge in [-0.15, -0.1) is 0 Å². The van der Waals surface area contributed by atoms with Crippen molar-refractivity contribution < 1.29 is 0 Å². The Kier molecular flexibility index (Phi) is 3.77. The van der Waals surface area contributed by atoms with E-state index in [2.05, 4.69) is 21.4 Å². The molecule has 0 fully saturated rings. The fraction of sp³-hybridized carbons (Fsp3) is 0.286. The summed E-state index contributed by atoms with van der Waals surface area (Å²) in [6.07, 6.45) is 1.81. The number of aromatic nitrogens is 2. The Hall–Kier alpha value is -2.10. The summed E-state index contributed by atoms with van der Waals surface area (Å²) in [5, 5.41) is 3.32. The lowest BCUT2D eigenvalue weighted by molar-refractivity contribution is 1.00. The molecule has 4 heteroatoms. The first-order chi connectivity index (χ1) is 8.66. The second-order valence-electron chi connectivity index (χ2n) is 4.40. The standard InChI is InChI=1S/C14H18N4/c1-11-6-4-8-13(17-11)16-10-12-7-5-9-15-14(12)18(2)3/h4-9H,10H2,1-3H3,(H,16,17). The molecule has 18 heavy (non-hydrogen) atoms. The summed E-state index contributed by atoms with van der Waals surface area (Å²) in [5.74, 6) is 1.88. The Morgan fingerprint density at radius 3 is 2.72 bits per heavy atom. The molecular formula is C14H18N4. The third-order valence-electron chi connectivity index (χ3n) is 2.64. The molecule has 0 amide bonds. The van der Waals surface area contributed by atoms with Crippen LogP contribution in [0.1, 0.15) is 11.3 Å². The Morgan fingerprint density at radius 2 is 2.00 bits per heavy atom. The maximum atomic E-state index is 4.42. The van der Waals surface area contributed by atoms with Gasteiger partial charge in [0.1, 0.15) is 11.6 Å². The molecule has 0 spiro atoms. The van der Waals surface area contributed by atoms with Gasteiger partial charge in [0.25, 0.3) is 0 Å². The third kappa shape index (κ3) is 2.97. The molecule has 0 radical (unpaired) electrons. The number of rotatable bonds is 4. The summed E-state index contributed by atoms with van der Waals surface area (Å²) < 4.78 is 0. The first kappa shape index (κ1) is 12.4. The molecule has 2 aromatic heterocycles. The van der Waals surface area contributed by atoms with E-state index >= 15 is 0 Å². The molecule has 2 rings (SSSR count). The molecule has 0 aliphatic carbocycles. The van der Waals surface area contributed by atoms with E-state index in [0.29, 0.717) is 0 Å². The smallest absolute Gasteiger partial charge is 0.132 e. The minimum absolute atomic E-state index is 0.720. The summed E-state index contributed by atoms with van der Waals surface area (Å²) >= 11 is 0. The summed E-state index contributed by atoms with van der Waals surface area (Å²) in [5.41, 5.74) is 2.17. The molecule has 94 valence electrons. The number of nitrogens with zero attached hydrogens (tertiary/aromatic N) is 3. The van der Waals surface area contributed by atoms with Crippen molar-refractivity contribution >= 4 is 11.6 Å². The van der Waals surface area contributed by atoms with Crippen LogP contribution in [0.5, 0.6) is 0 Å². The van der Waals surface area contributed by atoms with E-state index in [4.69, 9.17) is 0 Å². The van der Waals surface area contributed by atoms with Crippen molar-refractivity contribution in [3.8, 4) is 0 Å². The molecule has 0 aliphatic rings. The van der Waals surface area contributed by atoms with E-state index in [1.165, 1.54) is 0 Å². The zero-order valence-corrected chi connectivity index (χ0v) is 11.0. The minimum Gasteiger partial charge on any atom is -0.366 e. The van der Waals surface area contributed by atoms with Gasteiger partial charge in [-0.3, -0.25) is 0 Å². The van der Waals surface area contributed by atoms with Gasteiger partial charge in [-0.25, -0.2) is 9.97 Å². The molecule has 0 saturated heterocycles. The van der Waals surface area contributed by atoms with E-state index in [1.54, 1.807) is 0 Å². The van der Waals surface area contributed by atoms with Crippen LogP contribution in [-0.4, -0.2) is 24.1 Å². The lowest BCUT2D eigenvalue weighted by Crippen LogP contribution is -2.14. The molecule has 0 saturated carbocycles. The van der Waals surface area contributed by atoms with Crippen molar-refractivity contribution in [1.82, 2.24) is 9.97 Å². The Morgan fingerprint density at radius 1 is 1.17 bits per heavy atom. The first-order valence-electron chi connectivity index (χ1n) is 5.95. The second-order valence-corrected chi connectivity index (χ2v) is 4.40. The van der Waals surface area contributed by atoms with Gasteiger partial charge in [-0.2, -0.15) is 0 Å². The lowest BCUT2D eigenvalue weighted by Gasteiger charge is -2.16. The molecule has 2 aromatic rings. The van der Waals surface area contributed by atoms with Crippen molar-refractivity contribution in [3.63, 3.8) is 0 Å². The normalized spacial score (nSPS) is 10.2. The number of anilines is 2. The van der Waals surface area contributed by atoms with Gasteiger partial charge in [0.15, 0.2) is 0 Å². The van der Waals surface area contributed by atoms with Gasteiger partial charge >= 0.3 is 0 Å². The minimum atomic E-state index is 0.720. The summed E-state index contributed by atoms with van der Waals surface area (Å²) in [7, 11) is 3.99. The maximum absolute atomic E-state index is 4.42. The van der Waals surface area contributed by atoms with Gasteiger partial charge in [-0.1, -0.05) is 12.1 Å². The van der Waals surface area contributed by atoms with Gasteiger partial charge < -0.3 is 10.2 Å². The average Bonchev–Trinajstić information content (AvgIpc) is 2.37. The second kappa shape index (κ2) is 5.49. The molecule has 0 bridgehead atoms. The van der Waals surface area contributed by atoms with Gasteiger partial charge in [0.05, 0.1) is 0 Å². The molecule has 0 aromatic carbocycles. The van der Waals surface area contributed by atoms with Crippen LogP contribution >= 0.6 is 0 Å². The van der Waals surface area contributed by atoms with Gasteiger partial charge in [0.2, 0.25) is 0 Å². The van der Waals surface area contributed by atoms with Gasteiger partial charge in [0, 0.05) is 38.1 Å². The van der Waals surface area contributed by atoms with Crippen molar-refractivity contribution in [2.24, 2.45) is 0 Å². The van der Waals surface area contributed by atoms with Crippen molar-refractivity contribution in [3.05, 3.63) is 47.8 Å². The average molecular weight is 242 g/mol. The monoisotopic (exact) mass is 242 g/mol. The van der Waals surface area contributed by atoms with Crippen LogP contribution in [0.4, 0.5) is 11.6 Å². The molecular weight excluding hydrogens is 224 g/mol.